The van der Waals surface area contributed by atoms with Gasteiger partial charge in [-0.05, 0) is 6.42 Å². The summed E-state index contributed by atoms with van der Waals surface area (Å²) in [4.78, 5) is 11.7. The Kier molecular flexibility index (Phi) is 12.3. The van der Waals surface area contributed by atoms with Crippen LogP contribution < -0.4 is 0 Å². The van der Waals surface area contributed by atoms with Crippen LogP contribution in [-0.4, -0.2) is 50.1 Å². The second kappa shape index (κ2) is 14.1. The van der Waals surface area contributed by atoms with Gasteiger partial charge in [-0.25, -0.2) is 9.69 Å². The Bertz CT molecular complexity index is 733. The number of halogens is 1. The fourth-order valence-corrected chi connectivity index (χ4v) is 14.6. The van der Waals surface area contributed by atoms with Crippen molar-refractivity contribution in [2.75, 3.05) is 34.0 Å². The van der Waals surface area contributed by atoms with Gasteiger partial charge in [0.25, 0.3) is 0 Å². The molecule has 0 radical (unpaired) electrons. The predicted octanol–water partition coefficient (Wildman–Crippen LogP) is 8.45. The highest BCUT2D eigenvalue weighted by atomic mass is 127. The number of rotatable bonds is 3. The van der Waals surface area contributed by atoms with Gasteiger partial charge >= 0.3 is 6.09 Å². The Morgan fingerprint density at radius 3 is 1.67 bits per heavy atom. The lowest BCUT2D eigenvalue weighted by Gasteiger charge is -2.09. The van der Waals surface area contributed by atoms with Gasteiger partial charge in [0.2, 0.25) is 0 Å². The van der Waals surface area contributed by atoms with E-state index in [1.807, 2.05) is 101 Å². The summed E-state index contributed by atoms with van der Waals surface area (Å²) in [5.74, 6) is 7.83. The second-order valence-corrected chi connectivity index (χ2v) is 16.6. The fraction of sp³-hybridized carbons (Fsp3) is 0.500. The zero-order chi connectivity index (χ0) is 21.3. The van der Waals surface area contributed by atoms with Crippen LogP contribution in [-0.2, 0) is 0 Å². The molecule has 0 aliphatic carbocycles. The maximum absolute atomic E-state index is 10.5. The molecule has 0 aromatic heterocycles. The van der Waals surface area contributed by atoms with Crippen molar-refractivity contribution in [1.82, 2.24) is 4.90 Å². The number of carbonyl (C=O) groups is 1. The van der Waals surface area contributed by atoms with Crippen LogP contribution in [0, 0.1) is 12.0 Å². The molecule has 30 heavy (non-hydrogen) atoms. The zero-order valence-electron chi connectivity index (χ0n) is 16.1. The molecule has 0 unspecified atom stereocenters. The largest absolute Gasteiger partial charge is 0.464 e. The first-order chi connectivity index (χ1) is 14.6. The molecule has 0 atom stereocenters. The maximum Gasteiger partial charge on any atom is 0.419 e. The number of alkyl halides is 1. The molecule has 0 aromatic rings. The van der Waals surface area contributed by atoms with Crippen molar-refractivity contribution >= 4 is 123 Å². The van der Waals surface area contributed by atoms with Crippen LogP contribution in [0.2, 0.25) is 0 Å². The van der Waals surface area contributed by atoms with Crippen molar-refractivity contribution < 1.29 is 9.90 Å². The number of nitrogens with zero attached hydrogens (tertiary/aromatic N) is 1. The van der Waals surface area contributed by atoms with Gasteiger partial charge in [-0.3, -0.25) is 0 Å². The normalized spacial score (nSPS) is 20.2. The SMILES string of the molecule is C1CSC2=C(S1)SC(=C1SC3=C(SCCS3)S1)S2.CCCCN(C#CCI)C(=O)O. The third-order valence-electron chi connectivity index (χ3n) is 3.59. The van der Waals surface area contributed by atoms with Gasteiger partial charge in [-0.1, -0.05) is 88.9 Å². The van der Waals surface area contributed by atoms with E-state index in [4.69, 9.17) is 5.11 Å². The van der Waals surface area contributed by atoms with Gasteiger partial charge < -0.3 is 5.11 Å². The van der Waals surface area contributed by atoms with Crippen LogP contribution in [0.3, 0.4) is 0 Å². The summed E-state index contributed by atoms with van der Waals surface area (Å²) < 4.78 is 9.97. The number of amides is 1. The van der Waals surface area contributed by atoms with E-state index in [1.165, 1.54) is 31.5 Å². The Balaban J connectivity index is 0.000000189. The molecule has 3 nitrogen and oxygen atoms in total. The molecule has 1 N–H and O–H groups in total. The average molecular weight is 666 g/mol. The van der Waals surface area contributed by atoms with Crippen molar-refractivity contribution in [2.45, 2.75) is 19.8 Å². The summed E-state index contributed by atoms with van der Waals surface area (Å²) in [6.45, 7) is 2.53. The first-order valence-electron chi connectivity index (χ1n) is 9.12. The molecule has 4 heterocycles. The minimum absolute atomic E-state index is 0.509. The van der Waals surface area contributed by atoms with E-state index in [0.29, 0.717) is 11.0 Å². The molecule has 0 spiro atoms. The van der Waals surface area contributed by atoms with E-state index in [1.54, 1.807) is 16.9 Å². The Morgan fingerprint density at radius 1 is 0.900 bits per heavy atom. The van der Waals surface area contributed by atoms with Crippen molar-refractivity contribution in [1.29, 1.82) is 0 Å². The smallest absolute Gasteiger partial charge is 0.419 e. The van der Waals surface area contributed by atoms with Crippen LogP contribution in [0.1, 0.15) is 19.8 Å². The molecule has 164 valence electrons. The van der Waals surface area contributed by atoms with Gasteiger partial charge in [0.05, 0.1) is 29.9 Å². The van der Waals surface area contributed by atoms with Crippen molar-refractivity contribution in [3.63, 3.8) is 0 Å². The van der Waals surface area contributed by atoms with Gasteiger partial charge in [-0.15, -0.1) is 47.0 Å². The lowest BCUT2D eigenvalue weighted by Crippen LogP contribution is -2.25. The van der Waals surface area contributed by atoms with Crippen molar-refractivity contribution in [3.8, 4) is 12.0 Å². The van der Waals surface area contributed by atoms with E-state index in [2.05, 4.69) is 34.6 Å². The second-order valence-electron chi connectivity index (χ2n) is 5.74. The first kappa shape index (κ1) is 26.2. The summed E-state index contributed by atoms with van der Waals surface area (Å²) in [6, 6.07) is 2.58. The molecule has 0 bridgehead atoms. The molecule has 0 fully saturated rings. The summed E-state index contributed by atoms with van der Waals surface area (Å²) in [6.07, 6.45) is 0.888. The average Bonchev–Trinajstić information content (AvgIpc) is 3.38. The van der Waals surface area contributed by atoms with Crippen LogP contribution >= 0.6 is 117 Å². The van der Waals surface area contributed by atoms with Crippen molar-refractivity contribution in [2.24, 2.45) is 0 Å². The van der Waals surface area contributed by atoms with E-state index in [-0.39, 0.29) is 0 Å². The predicted molar refractivity (Wildman–Crippen MR) is 158 cm³/mol. The summed E-state index contributed by atoms with van der Waals surface area (Å²) in [5, 5.41) is 8.65. The van der Waals surface area contributed by atoms with E-state index in [9.17, 15) is 4.79 Å². The third-order valence-corrected chi connectivity index (χ3v) is 16.1. The summed E-state index contributed by atoms with van der Waals surface area (Å²) in [7, 11) is 0. The summed E-state index contributed by atoms with van der Waals surface area (Å²) in [5.41, 5.74) is 0. The minimum Gasteiger partial charge on any atom is -0.464 e. The lowest BCUT2D eigenvalue weighted by atomic mass is 10.3. The quantitative estimate of drug-likeness (QED) is 0.138. The van der Waals surface area contributed by atoms with Gasteiger partial charge in [0.1, 0.15) is 0 Å². The maximum atomic E-state index is 10.5. The van der Waals surface area contributed by atoms with Gasteiger partial charge in [-0.2, -0.15) is 0 Å². The highest BCUT2D eigenvalue weighted by Gasteiger charge is 2.32. The van der Waals surface area contributed by atoms with E-state index >= 15 is 0 Å². The number of thioether (sulfide) groups is 8. The molecule has 4 rings (SSSR count). The van der Waals surface area contributed by atoms with Crippen molar-refractivity contribution in [3.05, 3.63) is 25.4 Å². The molecular formula is C18H20INO2S8. The Labute approximate surface area is 226 Å². The number of hydrogen-bond acceptors (Lipinski definition) is 9. The molecule has 0 saturated heterocycles. The number of carboxylic acid groups (broad SMARTS) is 1. The standard InChI is InChI=1S/C10H8S8.C8H12INO2/c1-2-12-6-5(11-1)15-9(16-6)10-17-7-8(18-10)14-4-3-13-7;1-2-3-6-10(8(11)12)7-4-5-9/h1-4H2;2-3,5-6H2,1H3,(H,11,12). The molecule has 0 aromatic carbocycles. The van der Waals surface area contributed by atoms with E-state index < -0.39 is 6.09 Å². The molecule has 1 amide bonds. The fourth-order valence-electron chi connectivity index (χ4n) is 2.24. The Hall–Kier alpha value is 1.58. The first-order valence-corrected chi connectivity index (χ1v) is 17.9. The van der Waals surface area contributed by atoms with Crippen LogP contribution in [0.25, 0.3) is 0 Å². The zero-order valence-corrected chi connectivity index (χ0v) is 24.8. The highest BCUT2D eigenvalue weighted by Crippen LogP contribution is 2.67. The van der Waals surface area contributed by atoms with Crippen LogP contribution in [0.5, 0.6) is 0 Å². The van der Waals surface area contributed by atoms with Crippen LogP contribution in [0.15, 0.2) is 25.4 Å². The molecule has 4 aliphatic heterocycles. The van der Waals surface area contributed by atoms with Gasteiger partial charge in [0.15, 0.2) is 0 Å². The topological polar surface area (TPSA) is 40.5 Å². The third kappa shape index (κ3) is 7.82. The number of unbranched alkanes of at least 4 members (excludes halogenated alkanes) is 1. The Morgan fingerprint density at radius 2 is 1.33 bits per heavy atom. The minimum atomic E-state index is -0.958. The molecule has 12 heteroatoms. The van der Waals surface area contributed by atoms with Crippen LogP contribution in [0.4, 0.5) is 4.79 Å². The highest BCUT2D eigenvalue weighted by molar-refractivity contribution is 14.1. The summed E-state index contributed by atoms with van der Waals surface area (Å²) >= 11 is 18.3. The molecule has 0 saturated carbocycles. The molecular weight excluding hydrogens is 646 g/mol. The van der Waals surface area contributed by atoms with E-state index in [0.717, 1.165) is 17.7 Å². The van der Waals surface area contributed by atoms with Gasteiger partial charge in [0, 0.05) is 35.6 Å². The number of hydrogen-bond donors (Lipinski definition) is 1. The molecule has 4 aliphatic rings. The lowest BCUT2D eigenvalue weighted by molar-refractivity contribution is 0.165. The monoisotopic (exact) mass is 665 g/mol.